The number of methoxy groups -OCH3 is 1. The van der Waals surface area contributed by atoms with Gasteiger partial charge in [-0.2, -0.15) is 5.10 Å². The Hall–Kier alpha value is -3.19. The number of benzene rings is 2. The molecule has 28 heavy (non-hydrogen) atoms. The first-order chi connectivity index (χ1) is 13.7. The zero-order chi connectivity index (χ0) is 19.8. The lowest BCUT2D eigenvalue weighted by Gasteiger charge is -2.10. The van der Waals surface area contributed by atoms with Crippen LogP contribution in [-0.2, 0) is 5.75 Å². The van der Waals surface area contributed by atoms with Crippen LogP contribution in [0.4, 0.5) is 0 Å². The normalized spacial score (nSPS) is 11.1. The molecule has 0 unspecified atom stereocenters. The fourth-order valence-electron chi connectivity index (χ4n) is 2.47. The topological polar surface area (TPSA) is 76.5 Å². The Morgan fingerprint density at radius 3 is 2.54 bits per heavy atom. The van der Waals surface area contributed by atoms with Crippen molar-refractivity contribution in [1.82, 2.24) is 15.4 Å². The summed E-state index contributed by atoms with van der Waals surface area (Å²) in [4.78, 5) is 20.6. The third-order valence-corrected chi connectivity index (χ3v) is 4.88. The predicted octanol–water partition coefficient (Wildman–Crippen LogP) is 3.93. The molecule has 1 amide bonds. The summed E-state index contributed by atoms with van der Waals surface area (Å²) in [5.74, 6) is 1.20. The Morgan fingerprint density at radius 1 is 1.07 bits per heavy atom. The molecule has 0 saturated carbocycles. The van der Waals surface area contributed by atoms with Crippen molar-refractivity contribution in [2.45, 2.75) is 17.8 Å². The second-order valence-corrected chi connectivity index (χ2v) is 6.79. The van der Waals surface area contributed by atoms with E-state index in [-0.39, 0.29) is 5.91 Å². The van der Waals surface area contributed by atoms with E-state index in [1.807, 2.05) is 43.3 Å². The number of carbonyl (C=O) groups excluding carboxylic acids is 1. The highest BCUT2D eigenvalue weighted by Gasteiger charge is 2.09. The Balaban J connectivity index is 1.73. The van der Waals surface area contributed by atoms with Crippen LogP contribution in [0, 0.1) is 0 Å². The molecular formula is C21H20N4O2S. The van der Waals surface area contributed by atoms with Crippen molar-refractivity contribution >= 4 is 23.4 Å². The summed E-state index contributed by atoms with van der Waals surface area (Å²) in [6.45, 7) is 1.85. The van der Waals surface area contributed by atoms with Crippen LogP contribution >= 0.6 is 11.8 Å². The van der Waals surface area contributed by atoms with Gasteiger partial charge in [0, 0.05) is 29.3 Å². The van der Waals surface area contributed by atoms with E-state index in [0.717, 1.165) is 16.9 Å². The smallest absolute Gasteiger partial charge is 0.271 e. The molecule has 0 aliphatic carbocycles. The van der Waals surface area contributed by atoms with Gasteiger partial charge < -0.3 is 4.74 Å². The van der Waals surface area contributed by atoms with E-state index in [1.54, 1.807) is 37.7 Å². The lowest BCUT2D eigenvalue weighted by Crippen LogP contribution is -2.19. The first kappa shape index (κ1) is 19.6. The van der Waals surface area contributed by atoms with Gasteiger partial charge in [-0.05, 0) is 48.9 Å². The fourth-order valence-corrected chi connectivity index (χ4v) is 3.25. The second-order valence-electron chi connectivity index (χ2n) is 5.85. The molecule has 6 nitrogen and oxygen atoms in total. The average Bonchev–Trinajstić information content (AvgIpc) is 2.76. The van der Waals surface area contributed by atoms with Gasteiger partial charge in [0.2, 0.25) is 0 Å². The van der Waals surface area contributed by atoms with Gasteiger partial charge in [0.15, 0.2) is 5.16 Å². The highest BCUT2D eigenvalue weighted by atomic mass is 32.2. The molecule has 3 aromatic rings. The zero-order valence-electron chi connectivity index (χ0n) is 15.6. The van der Waals surface area contributed by atoms with Gasteiger partial charge in [-0.1, -0.05) is 30.0 Å². The van der Waals surface area contributed by atoms with Gasteiger partial charge >= 0.3 is 0 Å². The van der Waals surface area contributed by atoms with E-state index in [2.05, 4.69) is 20.5 Å². The van der Waals surface area contributed by atoms with Crippen molar-refractivity contribution in [3.05, 3.63) is 83.7 Å². The van der Waals surface area contributed by atoms with Gasteiger partial charge in [-0.15, -0.1) is 0 Å². The van der Waals surface area contributed by atoms with Crippen LogP contribution in [0.5, 0.6) is 5.75 Å². The summed E-state index contributed by atoms with van der Waals surface area (Å²) in [6.07, 6.45) is 3.43. The molecule has 0 spiro atoms. The van der Waals surface area contributed by atoms with E-state index in [9.17, 15) is 4.79 Å². The summed E-state index contributed by atoms with van der Waals surface area (Å²) < 4.78 is 5.46. The maximum atomic E-state index is 12.2. The van der Waals surface area contributed by atoms with Crippen molar-refractivity contribution in [3.8, 4) is 5.75 Å². The maximum absolute atomic E-state index is 12.2. The van der Waals surface area contributed by atoms with Crippen molar-refractivity contribution in [2.24, 2.45) is 5.10 Å². The highest BCUT2D eigenvalue weighted by Crippen LogP contribution is 2.27. The number of nitrogens with one attached hydrogen (secondary N) is 1. The summed E-state index contributed by atoms with van der Waals surface area (Å²) >= 11 is 1.53. The van der Waals surface area contributed by atoms with Crippen LogP contribution in [0.1, 0.15) is 28.4 Å². The minimum Gasteiger partial charge on any atom is -0.496 e. The van der Waals surface area contributed by atoms with E-state index < -0.39 is 0 Å². The number of hydrogen-bond donors (Lipinski definition) is 1. The summed E-state index contributed by atoms with van der Waals surface area (Å²) in [5, 5.41) is 4.93. The summed E-state index contributed by atoms with van der Waals surface area (Å²) in [6, 6.07) is 16.6. The van der Waals surface area contributed by atoms with Crippen molar-refractivity contribution in [2.75, 3.05) is 7.11 Å². The molecular weight excluding hydrogens is 372 g/mol. The van der Waals surface area contributed by atoms with Crippen molar-refractivity contribution in [3.63, 3.8) is 0 Å². The fraction of sp³-hybridized carbons (Fsp3) is 0.143. The summed E-state index contributed by atoms with van der Waals surface area (Å²) in [5.41, 5.74) is 5.77. The number of amides is 1. The molecule has 0 fully saturated rings. The molecule has 1 N–H and O–H groups in total. The van der Waals surface area contributed by atoms with Crippen LogP contribution < -0.4 is 10.2 Å². The van der Waals surface area contributed by atoms with Crippen LogP contribution in [0.15, 0.2) is 77.2 Å². The van der Waals surface area contributed by atoms with Gasteiger partial charge in [0.05, 0.1) is 12.8 Å². The Labute approximate surface area is 168 Å². The Morgan fingerprint density at radius 2 is 1.82 bits per heavy atom. The number of carbonyl (C=O) groups is 1. The molecule has 2 aromatic carbocycles. The average molecular weight is 392 g/mol. The van der Waals surface area contributed by atoms with Crippen LogP contribution in [-0.4, -0.2) is 28.7 Å². The van der Waals surface area contributed by atoms with Crippen LogP contribution in [0.2, 0.25) is 0 Å². The quantitative estimate of drug-likeness (QED) is 0.285. The molecule has 142 valence electrons. The standard InChI is InChI=1S/C21H20N4O2S/c1-15(24-25-20(26)16-7-4-3-5-8-16)17-9-10-19(27-2)18(13-17)14-28-21-22-11-6-12-23-21/h3-13H,14H2,1-2H3,(H,25,26)/b24-15-. The summed E-state index contributed by atoms with van der Waals surface area (Å²) in [7, 11) is 1.64. The zero-order valence-corrected chi connectivity index (χ0v) is 16.4. The molecule has 0 aliphatic rings. The van der Waals surface area contributed by atoms with E-state index in [1.165, 1.54) is 11.8 Å². The lowest BCUT2D eigenvalue weighted by molar-refractivity contribution is 0.0955. The largest absolute Gasteiger partial charge is 0.496 e. The monoisotopic (exact) mass is 392 g/mol. The van der Waals surface area contributed by atoms with Crippen LogP contribution in [0.3, 0.4) is 0 Å². The molecule has 0 aliphatic heterocycles. The molecule has 1 heterocycles. The number of hydrogen-bond acceptors (Lipinski definition) is 6. The SMILES string of the molecule is COc1ccc(/C(C)=N\NC(=O)c2ccccc2)cc1CSc1ncccn1. The third-order valence-electron chi connectivity index (χ3n) is 3.96. The van der Waals surface area contributed by atoms with E-state index in [0.29, 0.717) is 22.2 Å². The van der Waals surface area contributed by atoms with Crippen molar-refractivity contribution in [1.29, 1.82) is 0 Å². The maximum Gasteiger partial charge on any atom is 0.271 e. The Kier molecular flexibility index (Phi) is 6.75. The minimum absolute atomic E-state index is 0.245. The number of thioether (sulfide) groups is 1. The molecule has 0 atom stereocenters. The number of nitrogens with zero attached hydrogens (tertiary/aromatic N) is 3. The minimum atomic E-state index is -0.245. The molecule has 3 rings (SSSR count). The second kappa shape index (κ2) is 9.66. The number of hydrazone groups is 1. The van der Waals surface area contributed by atoms with Crippen LogP contribution in [0.25, 0.3) is 0 Å². The number of aromatic nitrogens is 2. The van der Waals surface area contributed by atoms with Crippen molar-refractivity contribution < 1.29 is 9.53 Å². The number of rotatable bonds is 7. The molecule has 1 aromatic heterocycles. The predicted molar refractivity (Wildman–Crippen MR) is 111 cm³/mol. The Bertz CT molecular complexity index is 963. The molecule has 0 saturated heterocycles. The molecule has 0 bridgehead atoms. The first-order valence-electron chi connectivity index (χ1n) is 8.64. The van der Waals surface area contributed by atoms with E-state index >= 15 is 0 Å². The van der Waals surface area contributed by atoms with Gasteiger partial charge in [-0.3, -0.25) is 4.79 Å². The molecule has 0 radical (unpaired) electrons. The van der Waals surface area contributed by atoms with E-state index in [4.69, 9.17) is 4.74 Å². The number of ether oxygens (including phenoxy) is 1. The van der Waals surface area contributed by atoms with Gasteiger partial charge in [0.25, 0.3) is 5.91 Å². The highest BCUT2D eigenvalue weighted by molar-refractivity contribution is 7.98. The molecule has 7 heteroatoms. The first-order valence-corrected chi connectivity index (χ1v) is 9.62. The lowest BCUT2D eigenvalue weighted by atomic mass is 10.1. The third kappa shape index (κ3) is 5.17. The van der Waals surface area contributed by atoms with Gasteiger partial charge in [0.1, 0.15) is 5.75 Å². The van der Waals surface area contributed by atoms with Gasteiger partial charge in [-0.25, -0.2) is 15.4 Å².